The van der Waals surface area contributed by atoms with E-state index in [-0.39, 0.29) is 0 Å². The summed E-state index contributed by atoms with van der Waals surface area (Å²) in [4.78, 5) is 4.82. The van der Waals surface area contributed by atoms with Crippen molar-refractivity contribution in [2.75, 3.05) is 26.6 Å². The zero-order valence-corrected chi connectivity index (χ0v) is 17.7. The summed E-state index contributed by atoms with van der Waals surface area (Å²) in [5.74, 6) is 2.98. The topological polar surface area (TPSA) is 57.0 Å². The first-order chi connectivity index (χ1) is 14.6. The van der Waals surface area contributed by atoms with Crippen molar-refractivity contribution in [3.05, 3.63) is 71.4 Å². The van der Waals surface area contributed by atoms with E-state index in [0.29, 0.717) is 23.1 Å². The summed E-state index contributed by atoms with van der Waals surface area (Å²) < 4.78 is 18.0. The first-order valence-electron chi connectivity index (χ1n) is 9.39. The molecule has 0 radical (unpaired) electrons. The van der Waals surface area contributed by atoms with Crippen molar-refractivity contribution < 1.29 is 14.2 Å². The second kappa shape index (κ2) is 8.55. The summed E-state index contributed by atoms with van der Waals surface area (Å²) in [6.07, 6.45) is 1.85. The molecule has 0 aliphatic heterocycles. The summed E-state index contributed by atoms with van der Waals surface area (Å²) in [6, 6.07) is 17.4. The van der Waals surface area contributed by atoms with Crippen LogP contribution in [-0.4, -0.2) is 30.7 Å². The zero-order valence-electron chi connectivity index (χ0n) is 17.0. The first kappa shape index (κ1) is 19.9. The quantitative estimate of drug-likeness (QED) is 0.437. The number of hydrogen-bond acceptors (Lipinski definition) is 5. The van der Waals surface area contributed by atoms with Gasteiger partial charge in [0.25, 0.3) is 0 Å². The minimum atomic E-state index is 0.616. The molecule has 154 valence electrons. The fraction of sp³-hybridized carbons (Fsp3) is 0.174. The highest BCUT2D eigenvalue weighted by Gasteiger charge is 2.16. The maximum absolute atomic E-state index is 6.26. The number of imidazole rings is 1. The maximum Gasteiger partial charge on any atom is 0.161 e. The average Bonchev–Trinajstić information content (AvgIpc) is 3.15. The molecule has 0 amide bonds. The number of rotatable bonds is 7. The van der Waals surface area contributed by atoms with Crippen LogP contribution < -0.4 is 19.5 Å². The van der Waals surface area contributed by atoms with Crippen molar-refractivity contribution in [3.8, 4) is 28.5 Å². The van der Waals surface area contributed by atoms with E-state index in [4.69, 9.17) is 30.8 Å². The largest absolute Gasteiger partial charge is 0.497 e. The Balaban J connectivity index is 1.75. The molecular formula is C23H22ClN3O3. The van der Waals surface area contributed by atoms with Crippen LogP contribution in [0.2, 0.25) is 5.02 Å². The minimum absolute atomic E-state index is 0.616. The van der Waals surface area contributed by atoms with Gasteiger partial charge in [0.15, 0.2) is 11.5 Å². The molecule has 0 fully saturated rings. The van der Waals surface area contributed by atoms with Crippen LogP contribution in [0.1, 0.15) is 5.56 Å². The van der Waals surface area contributed by atoms with Crippen molar-refractivity contribution in [2.24, 2.45) is 0 Å². The molecule has 4 aromatic rings. The molecule has 0 unspecified atom stereocenters. The number of benzene rings is 2. The van der Waals surface area contributed by atoms with E-state index < -0.39 is 0 Å². The Morgan fingerprint density at radius 2 is 1.67 bits per heavy atom. The molecular weight excluding hydrogens is 402 g/mol. The van der Waals surface area contributed by atoms with Gasteiger partial charge >= 0.3 is 0 Å². The van der Waals surface area contributed by atoms with Gasteiger partial charge in [0.2, 0.25) is 0 Å². The summed E-state index contributed by atoms with van der Waals surface area (Å²) in [6.45, 7) is 0.616. The SMILES string of the molecule is COc1ccc(CNc2c(-c3ccc(OC)c(OC)c3)nc3ccc(Cl)cn23)cc1. The molecule has 30 heavy (non-hydrogen) atoms. The standard InChI is InChI=1S/C23H22ClN3O3/c1-28-18-8-4-15(5-9-18)13-25-23-22(26-21-11-7-17(24)14-27(21)23)16-6-10-19(29-2)20(12-16)30-3/h4-12,14,25H,13H2,1-3H3. The lowest BCUT2D eigenvalue weighted by atomic mass is 10.1. The average molecular weight is 424 g/mol. The Morgan fingerprint density at radius 3 is 2.37 bits per heavy atom. The number of aromatic nitrogens is 2. The predicted octanol–water partition coefficient (Wildman–Crippen LogP) is 5.29. The highest BCUT2D eigenvalue weighted by Crippen LogP contribution is 2.36. The van der Waals surface area contributed by atoms with Gasteiger partial charge in [0, 0.05) is 18.3 Å². The van der Waals surface area contributed by atoms with Gasteiger partial charge in [-0.2, -0.15) is 0 Å². The number of pyridine rings is 1. The zero-order chi connectivity index (χ0) is 21.1. The summed E-state index contributed by atoms with van der Waals surface area (Å²) in [5, 5.41) is 4.14. The van der Waals surface area contributed by atoms with Crippen LogP contribution in [0.25, 0.3) is 16.9 Å². The van der Waals surface area contributed by atoms with E-state index >= 15 is 0 Å². The van der Waals surface area contributed by atoms with Crippen LogP contribution in [0.15, 0.2) is 60.8 Å². The number of nitrogens with zero attached hydrogens (tertiary/aromatic N) is 2. The van der Waals surface area contributed by atoms with Gasteiger partial charge in [-0.25, -0.2) is 4.98 Å². The van der Waals surface area contributed by atoms with Gasteiger partial charge in [-0.3, -0.25) is 4.40 Å². The lowest BCUT2D eigenvalue weighted by Crippen LogP contribution is -2.03. The van der Waals surface area contributed by atoms with Crippen LogP contribution in [0.4, 0.5) is 5.82 Å². The van der Waals surface area contributed by atoms with Crippen LogP contribution in [0, 0.1) is 0 Å². The van der Waals surface area contributed by atoms with Gasteiger partial charge in [0.1, 0.15) is 22.9 Å². The molecule has 4 rings (SSSR count). The number of halogens is 1. The molecule has 0 aliphatic rings. The van der Waals surface area contributed by atoms with E-state index in [1.807, 2.05) is 65.2 Å². The molecule has 2 aromatic carbocycles. The third kappa shape index (κ3) is 3.86. The summed E-state index contributed by atoms with van der Waals surface area (Å²) in [5.41, 5.74) is 3.61. The number of methoxy groups -OCH3 is 3. The summed E-state index contributed by atoms with van der Waals surface area (Å²) in [7, 11) is 4.89. The molecule has 1 N–H and O–H groups in total. The second-order valence-electron chi connectivity index (χ2n) is 6.66. The van der Waals surface area contributed by atoms with Crippen LogP contribution in [-0.2, 0) is 6.54 Å². The monoisotopic (exact) mass is 423 g/mol. The van der Waals surface area contributed by atoms with E-state index in [1.165, 1.54) is 0 Å². The van der Waals surface area contributed by atoms with Crippen LogP contribution in [0.3, 0.4) is 0 Å². The van der Waals surface area contributed by atoms with Crippen LogP contribution >= 0.6 is 11.6 Å². The Morgan fingerprint density at radius 1 is 0.900 bits per heavy atom. The normalized spacial score (nSPS) is 10.8. The molecule has 0 saturated carbocycles. The number of anilines is 1. The van der Waals surface area contributed by atoms with E-state index in [9.17, 15) is 0 Å². The lowest BCUT2D eigenvalue weighted by Gasteiger charge is -2.12. The van der Waals surface area contributed by atoms with Gasteiger partial charge in [-0.15, -0.1) is 0 Å². The number of ether oxygens (including phenoxy) is 3. The molecule has 0 aliphatic carbocycles. The third-order valence-electron chi connectivity index (χ3n) is 4.86. The van der Waals surface area contributed by atoms with E-state index in [0.717, 1.165) is 34.0 Å². The molecule has 7 heteroatoms. The van der Waals surface area contributed by atoms with Gasteiger partial charge in [-0.05, 0) is 48.0 Å². The van der Waals surface area contributed by atoms with Gasteiger partial charge in [-0.1, -0.05) is 23.7 Å². The van der Waals surface area contributed by atoms with E-state index in [2.05, 4.69) is 5.32 Å². The van der Waals surface area contributed by atoms with Crippen molar-refractivity contribution in [1.82, 2.24) is 9.38 Å². The van der Waals surface area contributed by atoms with Crippen molar-refractivity contribution in [2.45, 2.75) is 6.54 Å². The fourth-order valence-electron chi connectivity index (χ4n) is 3.30. The highest BCUT2D eigenvalue weighted by molar-refractivity contribution is 6.30. The molecule has 2 heterocycles. The Kier molecular flexibility index (Phi) is 5.68. The number of nitrogens with one attached hydrogen (secondary N) is 1. The highest BCUT2D eigenvalue weighted by atomic mass is 35.5. The summed E-state index contributed by atoms with van der Waals surface area (Å²) >= 11 is 6.26. The van der Waals surface area contributed by atoms with Crippen LogP contribution in [0.5, 0.6) is 17.2 Å². The Bertz CT molecular complexity index is 1170. The smallest absolute Gasteiger partial charge is 0.161 e. The molecule has 0 bridgehead atoms. The van der Waals surface area contributed by atoms with Crippen molar-refractivity contribution in [3.63, 3.8) is 0 Å². The predicted molar refractivity (Wildman–Crippen MR) is 119 cm³/mol. The molecule has 2 aromatic heterocycles. The first-order valence-corrected chi connectivity index (χ1v) is 9.77. The Hall–Kier alpha value is -3.38. The van der Waals surface area contributed by atoms with Gasteiger partial charge < -0.3 is 19.5 Å². The lowest BCUT2D eigenvalue weighted by molar-refractivity contribution is 0.355. The number of fused-ring (bicyclic) bond motifs is 1. The maximum atomic E-state index is 6.26. The van der Waals surface area contributed by atoms with E-state index in [1.54, 1.807) is 21.3 Å². The molecule has 0 atom stereocenters. The number of hydrogen-bond donors (Lipinski definition) is 1. The molecule has 0 spiro atoms. The van der Waals surface area contributed by atoms with Gasteiger partial charge in [0.05, 0.1) is 26.4 Å². The molecule has 0 saturated heterocycles. The fourth-order valence-corrected chi connectivity index (χ4v) is 3.46. The molecule has 6 nitrogen and oxygen atoms in total. The minimum Gasteiger partial charge on any atom is -0.497 e. The second-order valence-corrected chi connectivity index (χ2v) is 7.09. The Labute approximate surface area is 180 Å². The third-order valence-corrected chi connectivity index (χ3v) is 5.08. The van der Waals surface area contributed by atoms with Crippen molar-refractivity contribution >= 4 is 23.1 Å². The van der Waals surface area contributed by atoms with Crippen molar-refractivity contribution in [1.29, 1.82) is 0 Å².